The summed E-state index contributed by atoms with van der Waals surface area (Å²) in [7, 11) is 3.32. The van der Waals surface area contributed by atoms with Crippen molar-refractivity contribution < 1.29 is 13.2 Å². The van der Waals surface area contributed by atoms with Gasteiger partial charge in [-0.15, -0.1) is 0 Å². The maximum absolute atomic E-state index is 13.0. The third-order valence-electron chi connectivity index (χ3n) is 2.47. The van der Waals surface area contributed by atoms with Crippen LogP contribution in [-0.4, -0.2) is 29.0 Å². The van der Waals surface area contributed by atoms with Crippen molar-refractivity contribution in [2.75, 3.05) is 19.0 Å². The summed E-state index contributed by atoms with van der Waals surface area (Å²) in [5.41, 5.74) is -0.945. The van der Waals surface area contributed by atoms with E-state index in [-0.39, 0.29) is 22.6 Å². The lowest BCUT2D eigenvalue weighted by Gasteiger charge is -2.14. The third kappa shape index (κ3) is 2.98. The van der Waals surface area contributed by atoms with E-state index in [1.807, 2.05) is 0 Å². The number of aromatic nitrogens is 3. The van der Waals surface area contributed by atoms with Gasteiger partial charge in [-0.1, -0.05) is 18.2 Å². The maximum Gasteiger partial charge on any atom is 0.417 e. The Labute approximate surface area is 118 Å². The average molecular weight is 303 g/mol. The Morgan fingerprint density at radius 2 is 1.70 bits per heavy atom. The van der Waals surface area contributed by atoms with E-state index in [4.69, 9.17) is 11.6 Å². The van der Waals surface area contributed by atoms with E-state index < -0.39 is 11.7 Å². The summed E-state index contributed by atoms with van der Waals surface area (Å²) in [5.74, 6) is 0.0820. The molecule has 0 radical (unpaired) electrons. The standard InChI is InChI=1S/C12H10ClF3N4/c1-20(2)11-18-9(17-10(13)19-11)7-5-3-4-6-8(7)12(14,15)16/h3-6H,1-2H3. The first kappa shape index (κ1) is 14.5. The molecule has 1 heterocycles. The first-order valence-electron chi connectivity index (χ1n) is 5.54. The van der Waals surface area contributed by atoms with Crippen molar-refractivity contribution in [3.8, 4) is 11.4 Å². The fourth-order valence-corrected chi connectivity index (χ4v) is 1.74. The van der Waals surface area contributed by atoms with Gasteiger partial charge in [0, 0.05) is 19.7 Å². The van der Waals surface area contributed by atoms with Crippen LogP contribution in [0, 0.1) is 0 Å². The zero-order valence-electron chi connectivity index (χ0n) is 10.6. The Balaban J connectivity index is 2.63. The molecule has 8 heteroatoms. The molecule has 0 unspecified atom stereocenters. The van der Waals surface area contributed by atoms with Crippen LogP contribution in [0.2, 0.25) is 5.28 Å². The van der Waals surface area contributed by atoms with Crippen LogP contribution in [-0.2, 0) is 6.18 Å². The number of hydrogen-bond acceptors (Lipinski definition) is 4. The predicted molar refractivity (Wildman–Crippen MR) is 69.6 cm³/mol. The van der Waals surface area contributed by atoms with Gasteiger partial charge in [-0.3, -0.25) is 0 Å². The summed E-state index contributed by atoms with van der Waals surface area (Å²) in [5, 5.41) is -0.157. The number of anilines is 1. The van der Waals surface area contributed by atoms with Gasteiger partial charge in [-0.25, -0.2) is 0 Å². The lowest BCUT2D eigenvalue weighted by molar-refractivity contribution is -0.137. The summed E-state index contributed by atoms with van der Waals surface area (Å²) in [6.45, 7) is 0. The Morgan fingerprint density at radius 1 is 1.05 bits per heavy atom. The van der Waals surface area contributed by atoms with Crippen LogP contribution >= 0.6 is 11.6 Å². The normalized spacial score (nSPS) is 11.5. The molecule has 0 amide bonds. The molecule has 0 aliphatic carbocycles. The van der Waals surface area contributed by atoms with E-state index in [2.05, 4.69) is 15.0 Å². The topological polar surface area (TPSA) is 41.9 Å². The Morgan fingerprint density at radius 3 is 2.30 bits per heavy atom. The second-order valence-corrected chi connectivity index (χ2v) is 4.50. The fourth-order valence-electron chi connectivity index (χ4n) is 1.59. The minimum Gasteiger partial charge on any atom is -0.347 e. The zero-order valence-corrected chi connectivity index (χ0v) is 11.4. The number of benzene rings is 1. The van der Waals surface area contributed by atoms with Crippen LogP contribution in [0.4, 0.5) is 19.1 Å². The SMILES string of the molecule is CN(C)c1nc(Cl)nc(-c2ccccc2C(F)(F)F)n1. The molecule has 2 aromatic rings. The number of hydrogen-bond donors (Lipinski definition) is 0. The summed E-state index contributed by atoms with van der Waals surface area (Å²) >= 11 is 5.74. The zero-order chi connectivity index (χ0) is 14.9. The molecule has 4 nitrogen and oxygen atoms in total. The van der Waals surface area contributed by atoms with E-state index in [1.54, 1.807) is 14.1 Å². The van der Waals surface area contributed by atoms with E-state index in [1.165, 1.54) is 23.1 Å². The first-order chi connectivity index (χ1) is 9.29. The van der Waals surface area contributed by atoms with Crippen LogP contribution < -0.4 is 4.90 Å². The van der Waals surface area contributed by atoms with E-state index >= 15 is 0 Å². The van der Waals surface area contributed by atoms with Crippen molar-refractivity contribution in [3.05, 3.63) is 35.1 Å². The quantitative estimate of drug-likeness (QED) is 0.854. The molecule has 1 aromatic heterocycles. The molecule has 0 aliphatic rings. The van der Waals surface area contributed by atoms with E-state index in [0.29, 0.717) is 0 Å². The summed E-state index contributed by atoms with van der Waals surface area (Å²) < 4.78 is 38.9. The second-order valence-electron chi connectivity index (χ2n) is 4.17. The predicted octanol–water partition coefficient (Wildman–Crippen LogP) is 3.28. The number of rotatable bonds is 2. The smallest absolute Gasteiger partial charge is 0.347 e. The van der Waals surface area contributed by atoms with Crippen LogP contribution in [0.3, 0.4) is 0 Å². The van der Waals surface area contributed by atoms with Crippen molar-refractivity contribution in [1.82, 2.24) is 15.0 Å². The van der Waals surface area contributed by atoms with Crippen LogP contribution in [0.25, 0.3) is 11.4 Å². The molecule has 106 valence electrons. The molecule has 0 N–H and O–H groups in total. The van der Waals surface area contributed by atoms with E-state index in [9.17, 15) is 13.2 Å². The highest BCUT2D eigenvalue weighted by Crippen LogP contribution is 2.36. The highest BCUT2D eigenvalue weighted by Gasteiger charge is 2.34. The van der Waals surface area contributed by atoms with Crippen molar-refractivity contribution in [2.24, 2.45) is 0 Å². The summed E-state index contributed by atoms with van der Waals surface area (Å²) in [6.07, 6.45) is -4.49. The van der Waals surface area contributed by atoms with Gasteiger partial charge in [0.2, 0.25) is 11.2 Å². The number of halogens is 4. The molecule has 0 aliphatic heterocycles. The molecule has 0 spiro atoms. The fraction of sp³-hybridized carbons (Fsp3) is 0.250. The van der Waals surface area contributed by atoms with Gasteiger partial charge in [0.15, 0.2) is 5.82 Å². The lowest BCUT2D eigenvalue weighted by atomic mass is 10.1. The minimum atomic E-state index is -4.49. The molecule has 0 atom stereocenters. The van der Waals surface area contributed by atoms with Crippen molar-refractivity contribution in [1.29, 1.82) is 0 Å². The van der Waals surface area contributed by atoms with Gasteiger partial charge >= 0.3 is 6.18 Å². The molecule has 0 saturated carbocycles. The largest absolute Gasteiger partial charge is 0.417 e. The van der Waals surface area contributed by atoms with Crippen molar-refractivity contribution in [3.63, 3.8) is 0 Å². The van der Waals surface area contributed by atoms with Crippen LogP contribution in [0.1, 0.15) is 5.56 Å². The molecule has 20 heavy (non-hydrogen) atoms. The van der Waals surface area contributed by atoms with Gasteiger partial charge in [0.25, 0.3) is 0 Å². The van der Waals surface area contributed by atoms with Gasteiger partial charge in [0.1, 0.15) is 0 Å². The summed E-state index contributed by atoms with van der Waals surface area (Å²) in [6, 6.07) is 5.07. The second kappa shape index (κ2) is 5.24. The van der Waals surface area contributed by atoms with Crippen LogP contribution in [0.15, 0.2) is 24.3 Å². The third-order valence-corrected chi connectivity index (χ3v) is 2.64. The molecule has 0 saturated heterocycles. The lowest BCUT2D eigenvalue weighted by Crippen LogP contribution is -2.15. The van der Waals surface area contributed by atoms with Crippen LogP contribution in [0.5, 0.6) is 0 Å². The van der Waals surface area contributed by atoms with Gasteiger partial charge in [-0.05, 0) is 17.7 Å². The molecule has 2 rings (SSSR count). The molecular formula is C12H10ClF3N4. The molecule has 0 fully saturated rings. The highest BCUT2D eigenvalue weighted by atomic mass is 35.5. The first-order valence-corrected chi connectivity index (χ1v) is 5.92. The monoisotopic (exact) mass is 302 g/mol. The van der Waals surface area contributed by atoms with Gasteiger partial charge in [0.05, 0.1) is 5.56 Å². The van der Waals surface area contributed by atoms with Gasteiger partial charge < -0.3 is 4.90 Å². The Kier molecular flexibility index (Phi) is 3.80. The molecule has 1 aromatic carbocycles. The van der Waals surface area contributed by atoms with Crippen molar-refractivity contribution >= 4 is 17.5 Å². The average Bonchev–Trinajstić information content (AvgIpc) is 2.37. The molecule has 0 bridgehead atoms. The Hall–Kier alpha value is -1.89. The highest BCUT2D eigenvalue weighted by molar-refractivity contribution is 6.28. The number of alkyl halides is 3. The maximum atomic E-state index is 13.0. The Bertz CT molecular complexity index is 628. The van der Waals surface area contributed by atoms with E-state index in [0.717, 1.165) is 6.07 Å². The summed E-state index contributed by atoms with van der Waals surface area (Å²) in [4.78, 5) is 13.1. The van der Waals surface area contributed by atoms with Gasteiger partial charge in [-0.2, -0.15) is 28.1 Å². The number of nitrogens with zero attached hydrogens (tertiary/aromatic N) is 4. The minimum absolute atomic E-state index is 0.110. The van der Waals surface area contributed by atoms with Crippen molar-refractivity contribution in [2.45, 2.75) is 6.18 Å². The molecular weight excluding hydrogens is 293 g/mol.